The Morgan fingerprint density at radius 2 is 2.00 bits per heavy atom. The molecule has 78 valence electrons. The summed E-state index contributed by atoms with van der Waals surface area (Å²) in [6.07, 6.45) is 7.59. The van der Waals surface area contributed by atoms with Crippen molar-refractivity contribution in [2.24, 2.45) is 17.1 Å². The summed E-state index contributed by atoms with van der Waals surface area (Å²) in [5.74, 6) is 0.829. The Balaban J connectivity index is 2.44. The highest BCUT2D eigenvalue weighted by Crippen LogP contribution is 2.36. The highest BCUT2D eigenvalue weighted by Gasteiger charge is 2.30. The van der Waals surface area contributed by atoms with Crippen LogP contribution in [-0.4, -0.2) is 18.3 Å². The number of nitrogens with two attached hydrogens (primary N) is 1. The van der Waals surface area contributed by atoms with E-state index in [0.29, 0.717) is 6.54 Å². The van der Waals surface area contributed by atoms with Crippen LogP contribution in [0.1, 0.15) is 45.4 Å². The molecule has 1 aliphatic rings. The van der Waals surface area contributed by atoms with Gasteiger partial charge in [0.05, 0.1) is 0 Å². The van der Waals surface area contributed by atoms with E-state index in [-0.39, 0.29) is 12.0 Å². The van der Waals surface area contributed by atoms with Gasteiger partial charge >= 0.3 is 0 Å². The van der Waals surface area contributed by atoms with Crippen LogP contribution in [-0.2, 0) is 0 Å². The fraction of sp³-hybridized carbons (Fsp3) is 1.00. The molecule has 0 radical (unpaired) electrons. The Morgan fingerprint density at radius 1 is 1.38 bits per heavy atom. The highest BCUT2D eigenvalue weighted by molar-refractivity contribution is 4.83. The Bertz CT molecular complexity index is 129. The zero-order valence-corrected chi connectivity index (χ0v) is 8.76. The number of rotatable bonds is 5. The van der Waals surface area contributed by atoms with Gasteiger partial charge in [-0.2, -0.15) is 0 Å². The van der Waals surface area contributed by atoms with Crippen LogP contribution in [0, 0.1) is 11.3 Å². The van der Waals surface area contributed by atoms with Gasteiger partial charge in [-0.3, -0.25) is 0 Å². The average molecular weight is 185 g/mol. The first-order valence-electron chi connectivity index (χ1n) is 5.57. The summed E-state index contributed by atoms with van der Waals surface area (Å²) in [5, 5.41) is 9.36. The number of aliphatic hydroxyl groups excluding tert-OH is 1. The summed E-state index contributed by atoms with van der Waals surface area (Å²) < 4.78 is 0. The lowest BCUT2D eigenvalue weighted by molar-refractivity contribution is 0.0989. The molecule has 1 fully saturated rings. The molecule has 3 N–H and O–H groups in total. The number of aliphatic hydroxyl groups is 1. The molecular weight excluding hydrogens is 162 g/mol. The summed E-state index contributed by atoms with van der Waals surface area (Å²) >= 11 is 0. The normalized spacial score (nSPS) is 23.3. The lowest BCUT2D eigenvalue weighted by Crippen LogP contribution is -2.35. The SMILES string of the molecule is CCC(CN)(CO)CC1CCCC1. The minimum absolute atomic E-state index is 0.0228. The third-order valence-corrected chi connectivity index (χ3v) is 3.71. The predicted octanol–water partition coefficient (Wildman–Crippen LogP) is 1.91. The minimum Gasteiger partial charge on any atom is -0.396 e. The molecule has 0 bridgehead atoms. The molecule has 0 amide bonds. The molecule has 1 unspecified atom stereocenters. The second kappa shape index (κ2) is 4.97. The van der Waals surface area contributed by atoms with Gasteiger partial charge in [-0.25, -0.2) is 0 Å². The van der Waals surface area contributed by atoms with Crippen LogP contribution in [0.4, 0.5) is 0 Å². The van der Waals surface area contributed by atoms with Crippen molar-refractivity contribution in [2.45, 2.75) is 45.4 Å². The fourth-order valence-electron chi connectivity index (χ4n) is 2.44. The maximum atomic E-state index is 9.36. The van der Waals surface area contributed by atoms with Crippen LogP contribution in [0.5, 0.6) is 0 Å². The van der Waals surface area contributed by atoms with Crippen molar-refractivity contribution in [1.29, 1.82) is 0 Å². The van der Waals surface area contributed by atoms with E-state index in [0.717, 1.165) is 18.8 Å². The van der Waals surface area contributed by atoms with Crippen LogP contribution in [0.2, 0.25) is 0 Å². The molecule has 1 saturated carbocycles. The van der Waals surface area contributed by atoms with Crippen LogP contribution in [0.15, 0.2) is 0 Å². The zero-order valence-electron chi connectivity index (χ0n) is 8.76. The van der Waals surface area contributed by atoms with Crippen LogP contribution >= 0.6 is 0 Å². The number of hydrogen-bond donors (Lipinski definition) is 2. The van der Waals surface area contributed by atoms with E-state index < -0.39 is 0 Å². The van der Waals surface area contributed by atoms with Crippen molar-refractivity contribution in [1.82, 2.24) is 0 Å². The van der Waals surface area contributed by atoms with E-state index in [2.05, 4.69) is 6.92 Å². The van der Waals surface area contributed by atoms with Crippen LogP contribution in [0.3, 0.4) is 0 Å². The summed E-state index contributed by atoms with van der Waals surface area (Å²) in [7, 11) is 0. The van der Waals surface area contributed by atoms with Gasteiger partial charge in [0.25, 0.3) is 0 Å². The second-order valence-electron chi connectivity index (χ2n) is 4.57. The van der Waals surface area contributed by atoms with Crippen LogP contribution < -0.4 is 5.73 Å². The predicted molar refractivity (Wildman–Crippen MR) is 55.4 cm³/mol. The third-order valence-electron chi connectivity index (χ3n) is 3.71. The molecule has 2 heteroatoms. The quantitative estimate of drug-likeness (QED) is 0.687. The summed E-state index contributed by atoms with van der Waals surface area (Å²) in [4.78, 5) is 0. The van der Waals surface area contributed by atoms with Crippen molar-refractivity contribution in [3.63, 3.8) is 0 Å². The maximum Gasteiger partial charge on any atom is 0.0499 e. The Labute approximate surface area is 81.5 Å². The van der Waals surface area contributed by atoms with Crippen molar-refractivity contribution >= 4 is 0 Å². The molecule has 0 saturated heterocycles. The largest absolute Gasteiger partial charge is 0.396 e. The molecule has 0 heterocycles. The fourth-order valence-corrected chi connectivity index (χ4v) is 2.44. The van der Waals surface area contributed by atoms with Gasteiger partial charge in [-0.15, -0.1) is 0 Å². The van der Waals surface area contributed by atoms with Crippen molar-refractivity contribution < 1.29 is 5.11 Å². The molecule has 0 aromatic heterocycles. The van der Waals surface area contributed by atoms with E-state index in [1.807, 2.05) is 0 Å². The lowest BCUT2D eigenvalue weighted by atomic mass is 9.77. The monoisotopic (exact) mass is 185 g/mol. The molecule has 13 heavy (non-hydrogen) atoms. The Morgan fingerprint density at radius 3 is 2.38 bits per heavy atom. The van der Waals surface area contributed by atoms with Crippen LogP contribution in [0.25, 0.3) is 0 Å². The van der Waals surface area contributed by atoms with Gasteiger partial charge in [0.15, 0.2) is 0 Å². The maximum absolute atomic E-state index is 9.36. The molecule has 1 rings (SSSR count). The molecule has 1 aliphatic carbocycles. The molecule has 0 aromatic rings. The lowest BCUT2D eigenvalue weighted by Gasteiger charge is -2.31. The standard InChI is InChI=1S/C11H23NO/c1-2-11(8-12,9-13)7-10-5-3-4-6-10/h10,13H,2-9,12H2,1H3. The first-order chi connectivity index (χ1) is 6.26. The van der Waals surface area contributed by atoms with Gasteiger partial charge in [0, 0.05) is 18.6 Å². The smallest absolute Gasteiger partial charge is 0.0499 e. The Kier molecular flexibility index (Phi) is 4.20. The zero-order chi connectivity index (χ0) is 9.73. The molecule has 0 spiro atoms. The summed E-state index contributed by atoms with van der Waals surface area (Å²) in [6.45, 7) is 3.03. The van der Waals surface area contributed by atoms with Crippen molar-refractivity contribution in [3.8, 4) is 0 Å². The highest BCUT2D eigenvalue weighted by atomic mass is 16.3. The Hall–Kier alpha value is -0.0800. The van der Waals surface area contributed by atoms with E-state index in [9.17, 15) is 5.11 Å². The van der Waals surface area contributed by atoms with Crippen molar-refractivity contribution in [2.75, 3.05) is 13.2 Å². The summed E-state index contributed by atoms with van der Waals surface area (Å²) in [6, 6.07) is 0. The molecule has 1 atom stereocenters. The first-order valence-corrected chi connectivity index (χ1v) is 5.57. The molecule has 2 nitrogen and oxygen atoms in total. The van der Waals surface area contributed by atoms with Gasteiger partial charge in [-0.1, -0.05) is 32.6 Å². The van der Waals surface area contributed by atoms with E-state index >= 15 is 0 Å². The molecule has 0 aromatic carbocycles. The van der Waals surface area contributed by atoms with Gasteiger partial charge in [0.1, 0.15) is 0 Å². The summed E-state index contributed by atoms with van der Waals surface area (Å²) in [5.41, 5.74) is 5.77. The number of hydrogen-bond acceptors (Lipinski definition) is 2. The van der Waals surface area contributed by atoms with E-state index in [4.69, 9.17) is 5.73 Å². The topological polar surface area (TPSA) is 46.2 Å². The second-order valence-corrected chi connectivity index (χ2v) is 4.57. The first kappa shape index (κ1) is 11.0. The molecular formula is C11H23NO. The van der Waals surface area contributed by atoms with E-state index in [1.54, 1.807) is 0 Å². The minimum atomic E-state index is 0.0228. The average Bonchev–Trinajstić information content (AvgIpc) is 2.67. The molecule has 0 aliphatic heterocycles. The van der Waals surface area contributed by atoms with E-state index in [1.165, 1.54) is 25.7 Å². The van der Waals surface area contributed by atoms with Gasteiger partial charge in [0.2, 0.25) is 0 Å². The van der Waals surface area contributed by atoms with Crippen molar-refractivity contribution in [3.05, 3.63) is 0 Å². The van der Waals surface area contributed by atoms with Gasteiger partial charge < -0.3 is 10.8 Å². The third kappa shape index (κ3) is 2.68. The van der Waals surface area contributed by atoms with Gasteiger partial charge in [-0.05, 0) is 18.8 Å².